The first kappa shape index (κ1) is 14.1. The topological polar surface area (TPSA) is 117 Å². The number of pyridine rings is 1. The number of anilines is 3. The number of fused-ring (bicyclic) bond motifs is 1. The van der Waals surface area contributed by atoms with Crippen LogP contribution in [0, 0.1) is 0 Å². The maximum atomic E-state index is 12.8. The zero-order valence-corrected chi connectivity index (χ0v) is 12.2. The van der Waals surface area contributed by atoms with E-state index in [0.717, 1.165) is 0 Å². The Bertz CT molecular complexity index is 773. The van der Waals surface area contributed by atoms with E-state index in [1.54, 1.807) is 18.3 Å². The van der Waals surface area contributed by atoms with Crippen LogP contribution in [0.15, 0.2) is 29.3 Å². The molecule has 0 unspecified atom stereocenters. The number of rotatable bonds is 1. The van der Waals surface area contributed by atoms with E-state index >= 15 is 0 Å². The molecule has 1 amide bonds. The van der Waals surface area contributed by atoms with Crippen molar-refractivity contribution in [3.63, 3.8) is 0 Å². The summed E-state index contributed by atoms with van der Waals surface area (Å²) in [5.74, 6) is 0.0168. The molecule has 0 aromatic carbocycles. The van der Waals surface area contributed by atoms with E-state index in [-0.39, 0.29) is 29.6 Å². The molecule has 3 heterocycles. The lowest BCUT2D eigenvalue weighted by molar-refractivity contribution is 0.0974. The Balaban J connectivity index is 2.15. The second-order valence-electron chi connectivity index (χ2n) is 5.24. The summed E-state index contributed by atoms with van der Waals surface area (Å²) in [7, 11) is 0. The monoisotopic (exact) mass is 300 g/mol. The van der Waals surface area contributed by atoms with Gasteiger partial charge in [0.05, 0.1) is 11.6 Å². The van der Waals surface area contributed by atoms with E-state index in [2.05, 4.69) is 20.3 Å². The highest BCUT2D eigenvalue weighted by molar-refractivity contribution is 6.08. The molecule has 0 bridgehead atoms. The van der Waals surface area contributed by atoms with Crippen LogP contribution >= 0.6 is 0 Å². The van der Waals surface area contributed by atoms with Gasteiger partial charge in [-0.05, 0) is 26.0 Å². The van der Waals surface area contributed by atoms with Gasteiger partial charge in [-0.3, -0.25) is 24.5 Å². The number of aromatic nitrogens is 3. The van der Waals surface area contributed by atoms with Gasteiger partial charge in [0.1, 0.15) is 0 Å². The molecule has 2 aromatic rings. The molecule has 3 rings (SSSR count). The number of nitrogen functional groups attached to an aromatic ring is 1. The lowest BCUT2D eigenvalue weighted by Gasteiger charge is -2.38. The van der Waals surface area contributed by atoms with Crippen molar-refractivity contribution in [3.8, 4) is 0 Å². The molecule has 1 aliphatic rings. The van der Waals surface area contributed by atoms with E-state index < -0.39 is 5.56 Å². The highest BCUT2D eigenvalue weighted by Gasteiger charge is 2.36. The van der Waals surface area contributed by atoms with Crippen molar-refractivity contribution in [1.82, 2.24) is 15.0 Å². The van der Waals surface area contributed by atoms with E-state index in [9.17, 15) is 9.59 Å². The number of carbonyl (C=O) groups excluding carboxylic acids is 1. The molecule has 2 atom stereocenters. The molecule has 114 valence electrons. The normalized spacial score (nSPS) is 20.2. The summed E-state index contributed by atoms with van der Waals surface area (Å²) >= 11 is 0. The minimum Gasteiger partial charge on any atom is -0.369 e. The number of carbonyl (C=O) groups is 1. The van der Waals surface area contributed by atoms with Crippen LogP contribution in [-0.2, 0) is 0 Å². The fraction of sp³-hybridized carbons (Fsp3) is 0.286. The Morgan fingerprint density at radius 1 is 1.41 bits per heavy atom. The Hall–Kier alpha value is -2.90. The van der Waals surface area contributed by atoms with Crippen LogP contribution < -0.4 is 21.5 Å². The van der Waals surface area contributed by atoms with Gasteiger partial charge in [0, 0.05) is 18.4 Å². The Morgan fingerprint density at radius 2 is 2.18 bits per heavy atom. The van der Waals surface area contributed by atoms with Crippen molar-refractivity contribution < 1.29 is 4.79 Å². The number of amides is 1. The maximum absolute atomic E-state index is 12.8. The highest BCUT2D eigenvalue weighted by atomic mass is 16.2. The van der Waals surface area contributed by atoms with Gasteiger partial charge < -0.3 is 11.1 Å². The van der Waals surface area contributed by atoms with Crippen LogP contribution in [-0.4, -0.2) is 32.9 Å². The van der Waals surface area contributed by atoms with Gasteiger partial charge in [0.25, 0.3) is 11.5 Å². The van der Waals surface area contributed by atoms with Gasteiger partial charge >= 0.3 is 0 Å². The standard InChI is InChI=1S/C14H16N6O2/c1-7-8(2)20(13(22)9-4-3-5-16-6-9)10-11(17-7)18-14(15)19-12(10)21/h3-8H,1-2H3,(H4,15,17,18,19,21)/t7-,8-/m0/s1. The first-order chi connectivity index (χ1) is 10.5. The average Bonchev–Trinajstić information content (AvgIpc) is 2.49. The number of nitrogens with zero attached hydrogens (tertiary/aromatic N) is 3. The quantitative estimate of drug-likeness (QED) is 0.710. The summed E-state index contributed by atoms with van der Waals surface area (Å²) in [5.41, 5.74) is 5.71. The van der Waals surface area contributed by atoms with Crippen LogP contribution in [0.4, 0.5) is 17.5 Å². The van der Waals surface area contributed by atoms with Gasteiger partial charge in [0.2, 0.25) is 5.95 Å². The van der Waals surface area contributed by atoms with Crippen LogP contribution in [0.5, 0.6) is 0 Å². The van der Waals surface area contributed by atoms with E-state index in [0.29, 0.717) is 11.4 Å². The SMILES string of the molecule is C[C@@H]1Nc2nc(N)[nH]c(=O)c2N(C(=O)c2cccnc2)[C@H]1C. The summed E-state index contributed by atoms with van der Waals surface area (Å²) in [6, 6.07) is 3.03. The minimum absolute atomic E-state index is 0.00628. The Kier molecular flexibility index (Phi) is 3.28. The van der Waals surface area contributed by atoms with E-state index in [1.807, 2.05) is 13.8 Å². The summed E-state index contributed by atoms with van der Waals surface area (Å²) < 4.78 is 0. The van der Waals surface area contributed by atoms with Gasteiger partial charge in [0.15, 0.2) is 11.5 Å². The first-order valence-electron chi connectivity index (χ1n) is 6.89. The minimum atomic E-state index is -0.453. The average molecular weight is 300 g/mol. The predicted molar refractivity (Wildman–Crippen MR) is 82.9 cm³/mol. The molecule has 0 spiro atoms. The van der Waals surface area contributed by atoms with E-state index in [4.69, 9.17) is 5.73 Å². The molecular weight excluding hydrogens is 284 g/mol. The number of nitrogens with one attached hydrogen (secondary N) is 2. The molecule has 0 aliphatic carbocycles. The third-order valence-electron chi connectivity index (χ3n) is 3.78. The molecule has 0 fully saturated rings. The fourth-order valence-electron chi connectivity index (χ4n) is 2.49. The first-order valence-corrected chi connectivity index (χ1v) is 6.89. The maximum Gasteiger partial charge on any atom is 0.278 e. The molecule has 8 heteroatoms. The zero-order chi connectivity index (χ0) is 15.9. The molecule has 4 N–H and O–H groups in total. The van der Waals surface area contributed by atoms with Crippen molar-refractivity contribution in [1.29, 1.82) is 0 Å². The third kappa shape index (κ3) is 2.18. The number of hydrogen-bond donors (Lipinski definition) is 3. The number of H-pyrrole nitrogens is 1. The molecule has 1 aliphatic heterocycles. The number of aromatic amines is 1. The Morgan fingerprint density at radius 3 is 2.86 bits per heavy atom. The van der Waals surface area contributed by atoms with Crippen molar-refractivity contribution in [2.45, 2.75) is 25.9 Å². The Labute approximate surface area is 126 Å². The molecular formula is C14H16N6O2. The van der Waals surface area contributed by atoms with Crippen LogP contribution in [0.1, 0.15) is 24.2 Å². The van der Waals surface area contributed by atoms with Gasteiger partial charge in [-0.25, -0.2) is 0 Å². The zero-order valence-electron chi connectivity index (χ0n) is 12.2. The van der Waals surface area contributed by atoms with Gasteiger partial charge in [-0.1, -0.05) is 0 Å². The van der Waals surface area contributed by atoms with Gasteiger partial charge in [-0.15, -0.1) is 0 Å². The molecule has 0 saturated carbocycles. The molecule has 2 aromatic heterocycles. The van der Waals surface area contributed by atoms with Crippen LogP contribution in [0.2, 0.25) is 0 Å². The smallest absolute Gasteiger partial charge is 0.278 e. The number of nitrogens with two attached hydrogens (primary N) is 1. The summed E-state index contributed by atoms with van der Waals surface area (Å²) in [4.78, 5) is 37.0. The van der Waals surface area contributed by atoms with Crippen molar-refractivity contribution >= 4 is 23.4 Å². The van der Waals surface area contributed by atoms with Gasteiger partial charge in [-0.2, -0.15) is 4.98 Å². The number of hydrogen-bond acceptors (Lipinski definition) is 6. The second kappa shape index (κ2) is 5.14. The van der Waals surface area contributed by atoms with Crippen LogP contribution in [0.25, 0.3) is 0 Å². The summed E-state index contributed by atoms with van der Waals surface area (Å²) in [6.45, 7) is 3.78. The third-order valence-corrected chi connectivity index (χ3v) is 3.78. The summed E-state index contributed by atoms with van der Waals surface area (Å²) in [6.07, 6.45) is 3.06. The molecule has 0 radical (unpaired) electrons. The largest absolute Gasteiger partial charge is 0.369 e. The second-order valence-corrected chi connectivity index (χ2v) is 5.24. The van der Waals surface area contributed by atoms with Crippen LogP contribution in [0.3, 0.4) is 0 Å². The molecule has 22 heavy (non-hydrogen) atoms. The molecule has 8 nitrogen and oxygen atoms in total. The lowest BCUT2D eigenvalue weighted by atomic mass is 10.0. The van der Waals surface area contributed by atoms with Crippen molar-refractivity contribution in [3.05, 3.63) is 40.4 Å². The van der Waals surface area contributed by atoms with Crippen molar-refractivity contribution in [2.24, 2.45) is 0 Å². The van der Waals surface area contributed by atoms with Crippen molar-refractivity contribution in [2.75, 3.05) is 16.0 Å². The highest BCUT2D eigenvalue weighted by Crippen LogP contribution is 2.30. The predicted octanol–water partition coefficient (Wildman–Crippen LogP) is 0.596. The lowest BCUT2D eigenvalue weighted by Crippen LogP contribution is -2.53. The molecule has 0 saturated heterocycles. The fourth-order valence-corrected chi connectivity index (χ4v) is 2.49. The van der Waals surface area contributed by atoms with E-state index in [1.165, 1.54) is 11.1 Å². The summed E-state index contributed by atoms with van der Waals surface area (Å²) in [5, 5.41) is 3.11.